The first-order chi connectivity index (χ1) is 8.55. The van der Waals surface area contributed by atoms with Crippen LogP contribution in [-0.4, -0.2) is 12.1 Å². The molecule has 2 rings (SSSR count). The summed E-state index contributed by atoms with van der Waals surface area (Å²) < 4.78 is 0. The molecular weight excluding hydrogens is 248 g/mol. The first-order valence-electron chi connectivity index (χ1n) is 6.40. The third kappa shape index (κ3) is 2.96. The second-order valence-corrected chi connectivity index (χ2v) is 5.44. The summed E-state index contributed by atoms with van der Waals surface area (Å²) in [6, 6.07) is 7.81. The molecule has 0 saturated heterocycles. The van der Waals surface area contributed by atoms with Crippen molar-refractivity contribution in [2.45, 2.75) is 44.7 Å². The highest BCUT2D eigenvalue weighted by atomic mass is 35.5. The van der Waals surface area contributed by atoms with Gasteiger partial charge < -0.3 is 10.6 Å². The molecule has 0 radical (unpaired) electrons. The maximum absolute atomic E-state index is 11.9. The second kappa shape index (κ2) is 5.19. The zero-order valence-electron chi connectivity index (χ0n) is 10.8. The predicted molar refractivity (Wildman–Crippen MR) is 73.8 cm³/mol. The van der Waals surface area contributed by atoms with E-state index < -0.39 is 0 Å². The van der Waals surface area contributed by atoms with E-state index in [9.17, 15) is 4.79 Å². The van der Waals surface area contributed by atoms with Crippen molar-refractivity contribution < 1.29 is 4.79 Å². The molecule has 0 heterocycles. The van der Waals surface area contributed by atoms with Gasteiger partial charge in [-0.3, -0.25) is 0 Å². The summed E-state index contributed by atoms with van der Waals surface area (Å²) in [5.74, 6) is 0. The Labute approximate surface area is 113 Å². The molecule has 1 saturated carbocycles. The number of carbonyl (C=O) groups excluding carboxylic acids is 1. The van der Waals surface area contributed by atoms with E-state index in [0.29, 0.717) is 5.02 Å². The Morgan fingerprint density at radius 1 is 1.50 bits per heavy atom. The highest BCUT2D eigenvalue weighted by Crippen LogP contribution is 2.45. The van der Waals surface area contributed by atoms with Crippen LogP contribution in [0.4, 0.5) is 4.79 Å². The van der Waals surface area contributed by atoms with Gasteiger partial charge in [0.1, 0.15) is 0 Å². The number of carbonyl (C=O) groups is 1. The van der Waals surface area contributed by atoms with Gasteiger partial charge in [-0.2, -0.15) is 0 Å². The largest absolute Gasteiger partial charge is 0.336 e. The minimum absolute atomic E-state index is 0.0955. The van der Waals surface area contributed by atoms with E-state index in [4.69, 9.17) is 11.6 Å². The van der Waals surface area contributed by atoms with E-state index in [1.54, 1.807) is 0 Å². The smallest absolute Gasteiger partial charge is 0.315 e. The number of urea groups is 1. The van der Waals surface area contributed by atoms with Gasteiger partial charge in [-0.05, 0) is 43.9 Å². The molecule has 1 fully saturated rings. The summed E-state index contributed by atoms with van der Waals surface area (Å²) in [5, 5.41) is 6.71. The first kappa shape index (κ1) is 13.2. The minimum Gasteiger partial charge on any atom is -0.336 e. The summed E-state index contributed by atoms with van der Waals surface area (Å²) >= 11 is 5.99. The van der Waals surface area contributed by atoms with Crippen molar-refractivity contribution in [1.82, 2.24) is 10.6 Å². The molecule has 1 aromatic rings. The van der Waals surface area contributed by atoms with Crippen molar-refractivity contribution in [3.05, 3.63) is 34.9 Å². The van der Waals surface area contributed by atoms with Crippen LogP contribution in [0.2, 0.25) is 5.02 Å². The Kier molecular flexibility index (Phi) is 3.81. The number of halogens is 1. The molecule has 2 amide bonds. The van der Waals surface area contributed by atoms with E-state index >= 15 is 0 Å². The zero-order chi connectivity index (χ0) is 13.2. The number of rotatable bonds is 4. The molecular formula is C14H19ClN2O. The molecule has 0 aromatic heterocycles. The van der Waals surface area contributed by atoms with Crippen LogP contribution in [0.3, 0.4) is 0 Å². The molecule has 3 nitrogen and oxygen atoms in total. The van der Waals surface area contributed by atoms with Gasteiger partial charge in [-0.1, -0.05) is 30.7 Å². The standard InChI is InChI=1S/C14H19ClN2O/c1-3-10(2)16-13(18)17-14(7-8-14)11-5-4-6-12(15)9-11/h4-6,9-10H,3,7-8H2,1-2H3,(H2,16,17,18). The van der Waals surface area contributed by atoms with Gasteiger partial charge in [0, 0.05) is 11.1 Å². The predicted octanol–water partition coefficient (Wildman–Crippen LogP) is 3.43. The molecule has 0 spiro atoms. The molecule has 98 valence electrons. The molecule has 1 atom stereocenters. The van der Waals surface area contributed by atoms with E-state index in [0.717, 1.165) is 24.8 Å². The third-order valence-electron chi connectivity index (χ3n) is 3.47. The molecule has 1 aliphatic carbocycles. The fourth-order valence-electron chi connectivity index (χ4n) is 1.98. The number of hydrogen-bond donors (Lipinski definition) is 2. The molecule has 0 bridgehead atoms. The fourth-order valence-corrected chi connectivity index (χ4v) is 2.17. The van der Waals surface area contributed by atoms with Gasteiger partial charge >= 0.3 is 6.03 Å². The van der Waals surface area contributed by atoms with Crippen molar-refractivity contribution in [2.24, 2.45) is 0 Å². The van der Waals surface area contributed by atoms with Crippen molar-refractivity contribution in [3.63, 3.8) is 0 Å². The number of amides is 2. The van der Waals surface area contributed by atoms with Crippen LogP contribution in [0.25, 0.3) is 0 Å². The van der Waals surface area contributed by atoms with Crippen LogP contribution in [0.5, 0.6) is 0 Å². The van der Waals surface area contributed by atoms with E-state index in [2.05, 4.69) is 17.6 Å². The van der Waals surface area contributed by atoms with Crippen LogP contribution in [0.15, 0.2) is 24.3 Å². The lowest BCUT2D eigenvalue weighted by Crippen LogP contribution is -2.45. The van der Waals surface area contributed by atoms with Gasteiger partial charge in [0.05, 0.1) is 5.54 Å². The fraction of sp³-hybridized carbons (Fsp3) is 0.500. The van der Waals surface area contributed by atoms with Crippen LogP contribution in [0, 0.1) is 0 Å². The van der Waals surface area contributed by atoms with Crippen molar-refractivity contribution in [3.8, 4) is 0 Å². The first-order valence-corrected chi connectivity index (χ1v) is 6.78. The third-order valence-corrected chi connectivity index (χ3v) is 3.70. The van der Waals surface area contributed by atoms with E-state index in [1.807, 2.05) is 31.2 Å². The van der Waals surface area contributed by atoms with Gasteiger partial charge in [-0.25, -0.2) is 4.79 Å². The Morgan fingerprint density at radius 3 is 2.78 bits per heavy atom. The lowest BCUT2D eigenvalue weighted by Gasteiger charge is -2.20. The summed E-state index contributed by atoms with van der Waals surface area (Å²) in [6.45, 7) is 4.05. The van der Waals surface area contributed by atoms with Crippen molar-refractivity contribution in [2.75, 3.05) is 0 Å². The van der Waals surface area contributed by atoms with Gasteiger partial charge in [0.15, 0.2) is 0 Å². The molecule has 18 heavy (non-hydrogen) atoms. The van der Waals surface area contributed by atoms with Crippen molar-refractivity contribution in [1.29, 1.82) is 0 Å². The highest BCUT2D eigenvalue weighted by Gasteiger charge is 2.45. The Bertz CT molecular complexity index is 443. The Hall–Kier alpha value is -1.22. The topological polar surface area (TPSA) is 41.1 Å². The highest BCUT2D eigenvalue weighted by molar-refractivity contribution is 6.30. The second-order valence-electron chi connectivity index (χ2n) is 5.00. The number of hydrogen-bond acceptors (Lipinski definition) is 1. The van der Waals surface area contributed by atoms with E-state index in [-0.39, 0.29) is 17.6 Å². The Morgan fingerprint density at radius 2 is 2.22 bits per heavy atom. The van der Waals surface area contributed by atoms with Gasteiger partial charge in [0.25, 0.3) is 0 Å². The normalized spacial score (nSPS) is 17.9. The maximum atomic E-state index is 11.9. The SMILES string of the molecule is CCC(C)NC(=O)NC1(c2cccc(Cl)c2)CC1. The average Bonchev–Trinajstić information content (AvgIpc) is 3.09. The summed E-state index contributed by atoms with van der Waals surface area (Å²) in [4.78, 5) is 11.9. The maximum Gasteiger partial charge on any atom is 0.315 e. The summed E-state index contributed by atoms with van der Waals surface area (Å²) in [5.41, 5.74) is 0.886. The number of nitrogens with one attached hydrogen (secondary N) is 2. The molecule has 0 aliphatic heterocycles. The monoisotopic (exact) mass is 266 g/mol. The van der Waals surface area contributed by atoms with Gasteiger partial charge in [-0.15, -0.1) is 0 Å². The van der Waals surface area contributed by atoms with Crippen LogP contribution in [-0.2, 0) is 5.54 Å². The molecule has 1 aromatic carbocycles. The Balaban J connectivity index is 2.02. The van der Waals surface area contributed by atoms with Crippen LogP contribution < -0.4 is 10.6 Å². The van der Waals surface area contributed by atoms with Crippen LogP contribution >= 0.6 is 11.6 Å². The zero-order valence-corrected chi connectivity index (χ0v) is 11.6. The average molecular weight is 267 g/mol. The molecule has 1 aliphatic rings. The molecule has 4 heteroatoms. The summed E-state index contributed by atoms with van der Waals surface area (Å²) in [6.07, 6.45) is 2.88. The molecule has 1 unspecified atom stereocenters. The number of benzene rings is 1. The molecule has 2 N–H and O–H groups in total. The van der Waals surface area contributed by atoms with Crippen molar-refractivity contribution >= 4 is 17.6 Å². The summed E-state index contributed by atoms with van der Waals surface area (Å²) in [7, 11) is 0. The van der Waals surface area contributed by atoms with E-state index in [1.165, 1.54) is 0 Å². The minimum atomic E-state index is -0.206. The lowest BCUT2D eigenvalue weighted by atomic mass is 10.1. The quantitative estimate of drug-likeness (QED) is 0.861. The van der Waals surface area contributed by atoms with Gasteiger partial charge in [0.2, 0.25) is 0 Å². The van der Waals surface area contributed by atoms with Crippen LogP contribution in [0.1, 0.15) is 38.7 Å². The lowest BCUT2D eigenvalue weighted by molar-refractivity contribution is 0.232.